The number of carbonyl (C=O) groups excluding carboxylic acids is 2. The molecule has 0 heterocycles. The van der Waals surface area contributed by atoms with Gasteiger partial charge in [0.25, 0.3) is 5.91 Å². The first-order valence-electron chi connectivity index (χ1n) is 6.22. The molecule has 0 fully saturated rings. The number of amides is 2. The van der Waals surface area contributed by atoms with Gasteiger partial charge in [-0.3, -0.25) is 19.9 Å². The lowest BCUT2D eigenvalue weighted by molar-refractivity contribution is -0.121. The quantitative estimate of drug-likeness (QED) is 0.310. The molecule has 1 unspecified atom stereocenters. The molecule has 0 aromatic heterocycles. The number of guanidine groups is 1. The molecule has 0 aliphatic heterocycles. The topological polar surface area (TPSA) is 137 Å². The number of carbonyl (C=O) groups is 2. The Hall–Kier alpha value is -2.41. The third-order valence-corrected chi connectivity index (χ3v) is 2.58. The van der Waals surface area contributed by atoms with Crippen molar-refractivity contribution in [3.63, 3.8) is 0 Å². The Kier molecular flexibility index (Phi) is 6.18. The van der Waals surface area contributed by atoms with E-state index in [1.807, 2.05) is 0 Å². The Morgan fingerprint density at radius 3 is 2.45 bits per heavy atom. The molecule has 0 aliphatic carbocycles. The van der Waals surface area contributed by atoms with Gasteiger partial charge in [-0.25, -0.2) is 0 Å². The van der Waals surface area contributed by atoms with Crippen molar-refractivity contribution in [2.75, 3.05) is 6.54 Å². The molecule has 7 N–H and O–H groups in total. The average molecular weight is 277 g/mol. The Balaban J connectivity index is 2.38. The fourth-order valence-electron chi connectivity index (χ4n) is 1.52. The van der Waals surface area contributed by atoms with E-state index in [4.69, 9.17) is 17.2 Å². The highest BCUT2D eigenvalue weighted by Gasteiger charge is 2.16. The number of nitrogens with one attached hydrogen (secondary N) is 1. The third kappa shape index (κ3) is 5.49. The maximum absolute atomic E-state index is 11.7. The lowest BCUT2D eigenvalue weighted by Gasteiger charge is -2.10. The van der Waals surface area contributed by atoms with Crippen molar-refractivity contribution in [2.24, 2.45) is 22.2 Å². The van der Waals surface area contributed by atoms with Crippen LogP contribution in [0.5, 0.6) is 0 Å². The van der Waals surface area contributed by atoms with E-state index >= 15 is 0 Å². The van der Waals surface area contributed by atoms with E-state index in [2.05, 4.69) is 10.3 Å². The molecule has 0 bridgehead atoms. The molecule has 0 radical (unpaired) electrons. The summed E-state index contributed by atoms with van der Waals surface area (Å²) in [4.78, 5) is 27.2. The standard InChI is InChI=1S/C13H19N5O2/c14-10(7-4-8-17-13(15)16)12(20)18-11(19)9-5-2-1-3-6-9/h1-3,5-6,10H,4,7-8,14H2,(H4,15,16,17)(H,18,19,20). The second-order valence-electron chi connectivity index (χ2n) is 4.24. The summed E-state index contributed by atoms with van der Waals surface area (Å²) in [6.45, 7) is 0.399. The summed E-state index contributed by atoms with van der Waals surface area (Å²) in [6.07, 6.45) is 0.955. The van der Waals surface area contributed by atoms with Crippen LogP contribution in [0.2, 0.25) is 0 Å². The maximum atomic E-state index is 11.7. The smallest absolute Gasteiger partial charge is 0.257 e. The van der Waals surface area contributed by atoms with Crippen molar-refractivity contribution in [3.05, 3.63) is 35.9 Å². The van der Waals surface area contributed by atoms with Crippen LogP contribution in [-0.4, -0.2) is 30.4 Å². The maximum Gasteiger partial charge on any atom is 0.257 e. The van der Waals surface area contributed by atoms with Gasteiger partial charge in [0.05, 0.1) is 6.04 Å². The zero-order valence-electron chi connectivity index (χ0n) is 11.1. The van der Waals surface area contributed by atoms with Gasteiger partial charge < -0.3 is 17.2 Å². The molecular formula is C13H19N5O2. The highest BCUT2D eigenvalue weighted by Crippen LogP contribution is 2.00. The molecule has 2 amide bonds. The van der Waals surface area contributed by atoms with E-state index in [1.54, 1.807) is 30.3 Å². The van der Waals surface area contributed by atoms with Gasteiger partial charge in [0.1, 0.15) is 0 Å². The van der Waals surface area contributed by atoms with Crippen molar-refractivity contribution < 1.29 is 9.59 Å². The number of hydrogen-bond donors (Lipinski definition) is 4. The van der Waals surface area contributed by atoms with Gasteiger partial charge in [-0.05, 0) is 25.0 Å². The normalized spacial score (nSPS) is 11.4. The van der Waals surface area contributed by atoms with Gasteiger partial charge in [-0.1, -0.05) is 18.2 Å². The summed E-state index contributed by atoms with van der Waals surface area (Å²) in [7, 11) is 0. The molecule has 0 saturated carbocycles. The van der Waals surface area contributed by atoms with Crippen LogP contribution in [0.25, 0.3) is 0 Å². The Bertz CT molecular complexity index is 483. The number of hydrogen-bond acceptors (Lipinski definition) is 4. The molecule has 1 aromatic carbocycles. The van der Waals surface area contributed by atoms with Gasteiger partial charge in [-0.2, -0.15) is 0 Å². The molecule has 108 valence electrons. The van der Waals surface area contributed by atoms with E-state index in [0.29, 0.717) is 24.9 Å². The number of aliphatic imine (C=N–C) groups is 1. The molecule has 1 rings (SSSR count). The van der Waals surface area contributed by atoms with Gasteiger partial charge in [0.2, 0.25) is 5.91 Å². The second kappa shape index (κ2) is 7.90. The molecule has 7 heteroatoms. The lowest BCUT2D eigenvalue weighted by atomic mass is 10.1. The minimum atomic E-state index is -0.767. The van der Waals surface area contributed by atoms with Crippen molar-refractivity contribution >= 4 is 17.8 Å². The van der Waals surface area contributed by atoms with Crippen LogP contribution in [0.1, 0.15) is 23.2 Å². The van der Waals surface area contributed by atoms with Crippen LogP contribution in [0, 0.1) is 0 Å². The Labute approximate surface area is 117 Å². The molecule has 1 atom stereocenters. The summed E-state index contributed by atoms with van der Waals surface area (Å²) in [6, 6.07) is 7.69. The SMILES string of the molecule is NC(N)=NCCCC(N)C(=O)NC(=O)c1ccccc1. The minimum Gasteiger partial charge on any atom is -0.370 e. The van der Waals surface area contributed by atoms with Crippen molar-refractivity contribution in [1.82, 2.24) is 5.32 Å². The fraction of sp³-hybridized carbons (Fsp3) is 0.308. The van der Waals surface area contributed by atoms with Crippen molar-refractivity contribution in [1.29, 1.82) is 0 Å². The molecular weight excluding hydrogens is 258 g/mol. The van der Waals surface area contributed by atoms with E-state index in [1.165, 1.54) is 0 Å². The molecule has 20 heavy (non-hydrogen) atoms. The monoisotopic (exact) mass is 277 g/mol. The molecule has 0 aliphatic rings. The summed E-state index contributed by atoms with van der Waals surface area (Å²) < 4.78 is 0. The van der Waals surface area contributed by atoms with Crippen LogP contribution in [0.4, 0.5) is 0 Å². The molecule has 7 nitrogen and oxygen atoms in total. The average Bonchev–Trinajstić information content (AvgIpc) is 2.44. The predicted octanol–water partition coefficient (Wildman–Crippen LogP) is -0.676. The van der Waals surface area contributed by atoms with Crippen LogP contribution < -0.4 is 22.5 Å². The number of rotatable bonds is 6. The van der Waals surface area contributed by atoms with Gasteiger partial charge in [-0.15, -0.1) is 0 Å². The zero-order chi connectivity index (χ0) is 15.0. The number of nitrogens with two attached hydrogens (primary N) is 3. The first kappa shape index (κ1) is 15.6. The van der Waals surface area contributed by atoms with E-state index in [9.17, 15) is 9.59 Å². The molecule has 0 saturated heterocycles. The third-order valence-electron chi connectivity index (χ3n) is 2.58. The highest BCUT2D eigenvalue weighted by atomic mass is 16.2. The van der Waals surface area contributed by atoms with Crippen molar-refractivity contribution in [2.45, 2.75) is 18.9 Å². The molecule has 1 aromatic rings. The number of benzene rings is 1. The number of nitrogens with zero attached hydrogens (tertiary/aromatic N) is 1. The highest BCUT2D eigenvalue weighted by molar-refractivity contribution is 6.05. The summed E-state index contributed by atoms with van der Waals surface area (Å²) in [5, 5.41) is 2.26. The predicted molar refractivity (Wildman–Crippen MR) is 76.8 cm³/mol. The first-order chi connectivity index (χ1) is 9.50. The summed E-state index contributed by atoms with van der Waals surface area (Å²) >= 11 is 0. The first-order valence-corrected chi connectivity index (χ1v) is 6.22. The zero-order valence-corrected chi connectivity index (χ0v) is 11.1. The van der Waals surface area contributed by atoms with Crippen LogP contribution in [0.15, 0.2) is 35.3 Å². The van der Waals surface area contributed by atoms with Crippen molar-refractivity contribution in [3.8, 4) is 0 Å². The van der Waals surface area contributed by atoms with Gasteiger partial charge >= 0.3 is 0 Å². The van der Waals surface area contributed by atoms with Gasteiger partial charge in [0, 0.05) is 12.1 Å². The van der Waals surface area contributed by atoms with E-state index in [0.717, 1.165) is 0 Å². The summed E-state index contributed by atoms with van der Waals surface area (Å²) in [5.41, 5.74) is 16.4. The Morgan fingerprint density at radius 1 is 1.20 bits per heavy atom. The number of imide groups is 1. The molecule has 0 spiro atoms. The Morgan fingerprint density at radius 2 is 1.85 bits per heavy atom. The lowest BCUT2D eigenvalue weighted by Crippen LogP contribution is -2.43. The summed E-state index contributed by atoms with van der Waals surface area (Å²) in [5.74, 6) is -0.971. The van der Waals surface area contributed by atoms with Crippen LogP contribution >= 0.6 is 0 Å². The van der Waals surface area contributed by atoms with Gasteiger partial charge in [0.15, 0.2) is 5.96 Å². The van der Waals surface area contributed by atoms with Crippen LogP contribution in [-0.2, 0) is 4.79 Å². The van der Waals surface area contributed by atoms with E-state index < -0.39 is 17.9 Å². The largest absolute Gasteiger partial charge is 0.370 e. The second-order valence-corrected chi connectivity index (χ2v) is 4.24. The van der Waals surface area contributed by atoms with E-state index in [-0.39, 0.29) is 5.96 Å². The minimum absolute atomic E-state index is 0.00211. The van der Waals surface area contributed by atoms with Crippen LogP contribution in [0.3, 0.4) is 0 Å². The fourth-order valence-corrected chi connectivity index (χ4v) is 1.52.